The molecule has 0 saturated heterocycles. The summed E-state index contributed by atoms with van der Waals surface area (Å²) in [7, 11) is 0. The number of nitrogens with one attached hydrogen (secondary N) is 2. The highest BCUT2D eigenvalue weighted by Crippen LogP contribution is 2.30. The van der Waals surface area contributed by atoms with Crippen LogP contribution in [0.5, 0.6) is 5.75 Å². The molecule has 0 saturated carbocycles. The summed E-state index contributed by atoms with van der Waals surface area (Å²) in [6, 6.07) is 5.17. The number of benzene rings is 1. The molecule has 2 rings (SSSR count). The molecule has 1 aromatic heterocycles. The maximum atomic E-state index is 12.1. The second-order valence-corrected chi connectivity index (χ2v) is 4.15. The standard InChI is InChI=1S/C11H6ClF3N6O/c12-8-3-7(22-11(13,14)15)1-2-9(8)17-5-6(4-16)10-18-20-21-19-10/h1-3,5,17H,(H,18,19,20,21). The van der Waals surface area contributed by atoms with Gasteiger partial charge in [-0.05, 0) is 17.3 Å². The second kappa shape index (κ2) is 6.31. The van der Waals surface area contributed by atoms with Crippen molar-refractivity contribution in [1.82, 2.24) is 20.6 Å². The number of anilines is 1. The fourth-order valence-corrected chi connectivity index (χ4v) is 1.61. The molecule has 0 aliphatic heterocycles. The summed E-state index contributed by atoms with van der Waals surface area (Å²) in [4.78, 5) is 0. The van der Waals surface area contributed by atoms with Gasteiger partial charge in [0.25, 0.3) is 0 Å². The molecule has 11 heteroatoms. The van der Waals surface area contributed by atoms with Gasteiger partial charge in [-0.15, -0.1) is 23.4 Å². The van der Waals surface area contributed by atoms with Crippen LogP contribution in [0.4, 0.5) is 18.9 Å². The quantitative estimate of drug-likeness (QED) is 0.836. The van der Waals surface area contributed by atoms with Crippen molar-refractivity contribution in [2.24, 2.45) is 0 Å². The largest absolute Gasteiger partial charge is 0.573 e. The highest BCUT2D eigenvalue weighted by molar-refractivity contribution is 6.33. The van der Waals surface area contributed by atoms with Gasteiger partial charge in [-0.2, -0.15) is 10.5 Å². The summed E-state index contributed by atoms with van der Waals surface area (Å²) in [5.74, 6) is -0.395. The molecular formula is C11H6ClF3N6O. The highest BCUT2D eigenvalue weighted by Gasteiger charge is 2.31. The van der Waals surface area contributed by atoms with E-state index in [9.17, 15) is 13.2 Å². The van der Waals surface area contributed by atoms with Crippen LogP contribution in [0.2, 0.25) is 5.02 Å². The third kappa shape index (κ3) is 4.10. The normalized spacial score (nSPS) is 11.9. The predicted molar refractivity (Wildman–Crippen MR) is 69.5 cm³/mol. The van der Waals surface area contributed by atoms with Crippen molar-refractivity contribution in [3.8, 4) is 11.8 Å². The molecule has 0 atom stereocenters. The number of rotatable bonds is 4. The van der Waals surface area contributed by atoms with Gasteiger partial charge in [0, 0.05) is 12.3 Å². The minimum absolute atomic E-state index is 0.0246. The first-order valence-corrected chi connectivity index (χ1v) is 5.93. The van der Waals surface area contributed by atoms with Crippen LogP contribution >= 0.6 is 11.6 Å². The number of alkyl halides is 3. The summed E-state index contributed by atoms with van der Waals surface area (Å²) < 4.78 is 40.0. The van der Waals surface area contributed by atoms with E-state index in [1.807, 2.05) is 6.07 Å². The molecule has 2 aromatic rings. The van der Waals surface area contributed by atoms with Gasteiger partial charge in [-0.3, -0.25) is 0 Å². The number of hydrogen-bond acceptors (Lipinski definition) is 6. The lowest BCUT2D eigenvalue weighted by atomic mass is 10.2. The summed E-state index contributed by atoms with van der Waals surface area (Å²) in [5, 5.41) is 24.3. The van der Waals surface area contributed by atoms with Crippen molar-refractivity contribution in [1.29, 1.82) is 5.26 Å². The number of H-pyrrole nitrogens is 1. The van der Waals surface area contributed by atoms with Gasteiger partial charge in [-0.25, -0.2) is 0 Å². The molecule has 22 heavy (non-hydrogen) atoms. The van der Waals surface area contributed by atoms with Gasteiger partial charge in [-0.1, -0.05) is 11.6 Å². The number of tetrazole rings is 1. The van der Waals surface area contributed by atoms with E-state index in [1.165, 1.54) is 12.3 Å². The number of aromatic amines is 1. The molecule has 0 aliphatic carbocycles. The zero-order chi connectivity index (χ0) is 16.2. The molecule has 0 radical (unpaired) electrons. The lowest BCUT2D eigenvalue weighted by Gasteiger charge is -2.10. The number of hydrogen-bond donors (Lipinski definition) is 2. The minimum Gasteiger partial charge on any atom is -0.406 e. The molecule has 0 spiro atoms. The molecular weight excluding hydrogens is 325 g/mol. The van der Waals surface area contributed by atoms with E-state index in [4.69, 9.17) is 16.9 Å². The monoisotopic (exact) mass is 330 g/mol. The van der Waals surface area contributed by atoms with Crippen molar-refractivity contribution in [3.63, 3.8) is 0 Å². The van der Waals surface area contributed by atoms with Crippen molar-refractivity contribution in [2.45, 2.75) is 6.36 Å². The van der Waals surface area contributed by atoms with Crippen molar-refractivity contribution < 1.29 is 17.9 Å². The molecule has 0 unspecified atom stereocenters. The average Bonchev–Trinajstić information content (AvgIpc) is 2.94. The van der Waals surface area contributed by atoms with Crippen molar-refractivity contribution >= 4 is 22.9 Å². The number of halogens is 4. The Labute approximate surface area is 126 Å². The van der Waals surface area contributed by atoms with Gasteiger partial charge < -0.3 is 10.1 Å². The van der Waals surface area contributed by atoms with Crippen LogP contribution in [0.1, 0.15) is 5.82 Å². The summed E-state index contributed by atoms with van der Waals surface area (Å²) >= 11 is 5.84. The van der Waals surface area contributed by atoms with E-state index in [0.29, 0.717) is 0 Å². The van der Waals surface area contributed by atoms with Crippen LogP contribution in [0.15, 0.2) is 24.4 Å². The van der Waals surface area contributed by atoms with Crippen LogP contribution in [0.3, 0.4) is 0 Å². The summed E-state index contributed by atoms with van der Waals surface area (Å²) in [6.45, 7) is 0. The predicted octanol–water partition coefficient (Wildman–Crippen LogP) is 2.73. The molecule has 7 nitrogen and oxygen atoms in total. The van der Waals surface area contributed by atoms with Gasteiger partial charge in [0.15, 0.2) is 0 Å². The number of nitrogens with zero attached hydrogens (tertiary/aromatic N) is 4. The van der Waals surface area contributed by atoms with Crippen LogP contribution in [0, 0.1) is 11.3 Å². The second-order valence-electron chi connectivity index (χ2n) is 3.74. The Morgan fingerprint density at radius 1 is 1.45 bits per heavy atom. The first-order valence-electron chi connectivity index (χ1n) is 5.55. The van der Waals surface area contributed by atoms with Crippen molar-refractivity contribution in [2.75, 3.05) is 5.32 Å². The SMILES string of the molecule is N#CC(=CNc1ccc(OC(F)(F)F)cc1Cl)c1nn[nH]n1. The molecule has 0 amide bonds. The van der Waals surface area contributed by atoms with Crippen LogP contribution in [0.25, 0.3) is 5.57 Å². The zero-order valence-corrected chi connectivity index (χ0v) is 11.3. The van der Waals surface area contributed by atoms with Gasteiger partial charge in [0.2, 0.25) is 5.82 Å². The Morgan fingerprint density at radius 2 is 2.23 bits per heavy atom. The van der Waals surface area contributed by atoms with E-state index >= 15 is 0 Å². The smallest absolute Gasteiger partial charge is 0.406 e. The maximum absolute atomic E-state index is 12.1. The van der Waals surface area contributed by atoms with E-state index in [1.54, 1.807) is 0 Å². The molecule has 0 aliphatic rings. The molecule has 2 N–H and O–H groups in total. The Balaban J connectivity index is 2.15. The number of allylic oxidation sites excluding steroid dienone is 1. The highest BCUT2D eigenvalue weighted by atomic mass is 35.5. The maximum Gasteiger partial charge on any atom is 0.573 e. The summed E-state index contributed by atoms with van der Waals surface area (Å²) in [6.07, 6.45) is -3.55. The molecule has 0 fully saturated rings. The van der Waals surface area contributed by atoms with Gasteiger partial charge in [0.1, 0.15) is 17.4 Å². The lowest BCUT2D eigenvalue weighted by Crippen LogP contribution is -2.17. The fourth-order valence-electron chi connectivity index (χ4n) is 1.38. The molecule has 114 valence electrons. The van der Waals surface area contributed by atoms with E-state index in [0.717, 1.165) is 12.1 Å². The summed E-state index contributed by atoms with van der Waals surface area (Å²) in [5.41, 5.74) is 0.327. The first kappa shape index (κ1) is 15.6. The molecule has 0 bridgehead atoms. The Hall–Kier alpha value is -2.80. The Morgan fingerprint density at radius 3 is 2.77 bits per heavy atom. The minimum atomic E-state index is -4.80. The Kier molecular flexibility index (Phi) is 4.47. The molecule has 1 heterocycles. The number of aromatic nitrogens is 4. The lowest BCUT2D eigenvalue weighted by molar-refractivity contribution is -0.274. The third-order valence-corrected chi connectivity index (χ3v) is 2.57. The van der Waals surface area contributed by atoms with Gasteiger partial charge in [0.05, 0.1) is 10.7 Å². The molecule has 1 aromatic carbocycles. The number of nitriles is 1. The topological polar surface area (TPSA) is 99.5 Å². The van der Waals surface area contributed by atoms with Crippen LogP contribution in [-0.2, 0) is 0 Å². The fraction of sp³-hybridized carbons (Fsp3) is 0.0909. The number of ether oxygens (including phenoxy) is 1. The Bertz CT molecular complexity index is 722. The zero-order valence-electron chi connectivity index (χ0n) is 10.5. The third-order valence-electron chi connectivity index (χ3n) is 2.25. The van der Waals surface area contributed by atoms with Crippen LogP contribution in [-0.4, -0.2) is 27.0 Å². The van der Waals surface area contributed by atoms with Crippen molar-refractivity contribution in [3.05, 3.63) is 35.2 Å². The first-order chi connectivity index (χ1) is 10.4. The van der Waals surface area contributed by atoms with Crippen LogP contribution < -0.4 is 10.1 Å². The average molecular weight is 331 g/mol. The van der Waals surface area contributed by atoms with E-state index < -0.39 is 12.1 Å². The van der Waals surface area contributed by atoms with E-state index in [-0.39, 0.29) is 22.1 Å². The van der Waals surface area contributed by atoms with E-state index in [2.05, 4.69) is 30.7 Å². The van der Waals surface area contributed by atoms with Gasteiger partial charge >= 0.3 is 6.36 Å².